The quantitative estimate of drug-likeness (QED) is 0.659. The maximum Gasteiger partial charge on any atom is 0.383 e. The van der Waals surface area contributed by atoms with Gasteiger partial charge in [0.2, 0.25) is 0 Å². The van der Waals surface area contributed by atoms with Gasteiger partial charge in [0.25, 0.3) is 0 Å². The first-order valence-electron chi connectivity index (χ1n) is 5.08. The first-order valence-corrected chi connectivity index (χ1v) is 6.07. The van der Waals surface area contributed by atoms with Crippen molar-refractivity contribution in [1.82, 2.24) is 0 Å². The van der Waals surface area contributed by atoms with Crippen LogP contribution in [0.4, 0.5) is 23.2 Å². The van der Waals surface area contributed by atoms with Crippen molar-refractivity contribution in [3.05, 3.63) is 24.3 Å². The Hall–Kier alpha value is -1.24. The summed E-state index contributed by atoms with van der Waals surface area (Å²) >= 11 is 1.32. The van der Waals surface area contributed by atoms with E-state index in [4.69, 9.17) is 0 Å². The van der Waals surface area contributed by atoms with E-state index in [0.717, 1.165) is 0 Å². The van der Waals surface area contributed by atoms with E-state index in [-0.39, 0.29) is 5.69 Å². The molecule has 0 atom stereocenters. The van der Waals surface area contributed by atoms with Gasteiger partial charge in [-0.25, -0.2) is 8.78 Å². The van der Waals surface area contributed by atoms with Gasteiger partial charge in [-0.3, -0.25) is 4.79 Å². The molecule has 0 heterocycles. The fourth-order valence-corrected chi connectivity index (χ4v) is 1.92. The Morgan fingerprint density at radius 3 is 2.56 bits per heavy atom. The molecule has 1 rings (SSSR count). The summed E-state index contributed by atoms with van der Waals surface area (Å²) in [6, 6.07) is 6.19. The van der Waals surface area contributed by atoms with Gasteiger partial charge in [0.1, 0.15) is 0 Å². The Morgan fingerprint density at radius 2 is 2.00 bits per heavy atom. The van der Waals surface area contributed by atoms with Gasteiger partial charge in [0, 0.05) is 4.90 Å². The Kier molecular flexibility index (Phi) is 5.01. The lowest BCUT2D eigenvalue weighted by molar-refractivity contribution is -0.163. The van der Waals surface area contributed by atoms with E-state index in [1.165, 1.54) is 23.9 Å². The summed E-state index contributed by atoms with van der Waals surface area (Å²) < 4.78 is 49.5. The third-order valence-corrected chi connectivity index (χ3v) is 2.97. The molecule has 2 nitrogen and oxygen atoms in total. The van der Waals surface area contributed by atoms with Gasteiger partial charge in [-0.2, -0.15) is 8.78 Å². The van der Waals surface area contributed by atoms with Gasteiger partial charge in [-0.05, 0) is 17.9 Å². The number of benzene rings is 1. The maximum absolute atomic E-state index is 12.8. The third-order valence-electron chi connectivity index (χ3n) is 2.01. The largest absolute Gasteiger partial charge is 0.383 e. The first kappa shape index (κ1) is 14.8. The van der Waals surface area contributed by atoms with E-state index in [1.807, 2.05) is 12.2 Å². The number of amides is 1. The summed E-state index contributed by atoms with van der Waals surface area (Å²) in [5.74, 6) is -6.02. The van der Waals surface area contributed by atoms with Gasteiger partial charge >= 0.3 is 18.3 Å². The standard InChI is InChI=1S/C11H11F4NOS/c1-2-18-8-6-4-3-5-7(8)16-10(17)11(14,15)9(12)13/h3-6,9H,2H2,1H3,(H,16,17). The van der Waals surface area contributed by atoms with Gasteiger partial charge in [0.05, 0.1) is 5.69 Å². The SMILES string of the molecule is CCSc1ccccc1NC(=O)C(F)(F)C(F)F. The second-order valence-electron chi connectivity index (χ2n) is 3.31. The number of carbonyl (C=O) groups excluding carboxylic acids is 1. The predicted octanol–water partition coefficient (Wildman–Crippen LogP) is 3.64. The predicted molar refractivity (Wildman–Crippen MR) is 62.4 cm³/mol. The number of halogens is 4. The average molecular weight is 281 g/mol. The Morgan fingerprint density at radius 1 is 1.39 bits per heavy atom. The molecule has 1 aromatic carbocycles. The van der Waals surface area contributed by atoms with Crippen molar-refractivity contribution in [3.63, 3.8) is 0 Å². The molecule has 1 amide bonds. The summed E-state index contributed by atoms with van der Waals surface area (Å²) in [6.45, 7) is 1.84. The second-order valence-corrected chi connectivity index (χ2v) is 4.61. The van der Waals surface area contributed by atoms with E-state index in [1.54, 1.807) is 12.1 Å². The molecule has 18 heavy (non-hydrogen) atoms. The number of alkyl halides is 4. The number of hydrogen-bond donors (Lipinski definition) is 1. The molecule has 0 radical (unpaired) electrons. The van der Waals surface area contributed by atoms with Crippen molar-refractivity contribution in [1.29, 1.82) is 0 Å². The average Bonchev–Trinajstić information content (AvgIpc) is 2.31. The van der Waals surface area contributed by atoms with Crippen molar-refractivity contribution in [2.24, 2.45) is 0 Å². The van der Waals surface area contributed by atoms with Crippen molar-refractivity contribution < 1.29 is 22.4 Å². The monoisotopic (exact) mass is 281 g/mol. The lowest BCUT2D eigenvalue weighted by Crippen LogP contribution is -2.41. The minimum Gasteiger partial charge on any atom is -0.320 e. The molecule has 0 unspecified atom stereocenters. The molecule has 0 aliphatic carbocycles. The molecule has 1 N–H and O–H groups in total. The van der Waals surface area contributed by atoms with E-state index in [9.17, 15) is 22.4 Å². The van der Waals surface area contributed by atoms with Crippen LogP contribution >= 0.6 is 11.8 Å². The molecule has 1 aromatic rings. The summed E-state index contributed by atoms with van der Waals surface area (Å²) in [7, 11) is 0. The molecule has 0 saturated heterocycles. The van der Waals surface area contributed by atoms with Gasteiger partial charge in [0.15, 0.2) is 0 Å². The van der Waals surface area contributed by atoms with E-state index >= 15 is 0 Å². The summed E-state index contributed by atoms with van der Waals surface area (Å²) in [5, 5.41) is 1.83. The number of thioether (sulfide) groups is 1. The zero-order chi connectivity index (χ0) is 13.8. The molecule has 0 aromatic heterocycles. The van der Waals surface area contributed by atoms with Crippen molar-refractivity contribution in [3.8, 4) is 0 Å². The van der Waals surface area contributed by atoms with Crippen molar-refractivity contribution >= 4 is 23.4 Å². The summed E-state index contributed by atoms with van der Waals surface area (Å²) in [5.41, 5.74) is 0.106. The molecule has 7 heteroatoms. The fourth-order valence-electron chi connectivity index (χ4n) is 1.16. The van der Waals surface area contributed by atoms with Crippen molar-refractivity contribution in [2.75, 3.05) is 11.1 Å². The van der Waals surface area contributed by atoms with Crippen molar-refractivity contribution in [2.45, 2.75) is 24.2 Å². The highest BCUT2D eigenvalue weighted by atomic mass is 32.2. The summed E-state index contributed by atoms with van der Waals surface area (Å²) in [6.07, 6.45) is -4.02. The Bertz CT molecular complexity index is 425. The Labute approximate surface area is 106 Å². The maximum atomic E-state index is 12.8. The van der Waals surface area contributed by atoms with Crippen LogP contribution in [0.3, 0.4) is 0 Å². The van der Waals surface area contributed by atoms with Crippen LogP contribution < -0.4 is 5.32 Å². The molecular formula is C11H11F4NOS. The van der Waals surface area contributed by atoms with Crippen LogP contribution in [-0.2, 0) is 4.79 Å². The highest BCUT2D eigenvalue weighted by molar-refractivity contribution is 7.99. The highest BCUT2D eigenvalue weighted by Gasteiger charge is 2.49. The molecule has 0 saturated carbocycles. The lowest BCUT2D eigenvalue weighted by atomic mass is 10.2. The van der Waals surface area contributed by atoms with Crippen LogP contribution in [0.1, 0.15) is 6.92 Å². The van der Waals surface area contributed by atoms with Crippen LogP contribution in [0.5, 0.6) is 0 Å². The third kappa shape index (κ3) is 3.38. The van der Waals surface area contributed by atoms with Crippen LogP contribution in [0.2, 0.25) is 0 Å². The Balaban J connectivity index is 2.88. The van der Waals surface area contributed by atoms with E-state index < -0.39 is 18.3 Å². The number of rotatable bonds is 5. The number of nitrogens with one attached hydrogen (secondary N) is 1. The minimum atomic E-state index is -4.69. The first-order chi connectivity index (χ1) is 8.39. The summed E-state index contributed by atoms with van der Waals surface area (Å²) in [4.78, 5) is 11.6. The fraction of sp³-hybridized carbons (Fsp3) is 0.364. The van der Waals surface area contributed by atoms with Crippen LogP contribution in [0.25, 0.3) is 0 Å². The van der Waals surface area contributed by atoms with Gasteiger partial charge < -0.3 is 5.32 Å². The normalized spacial score (nSPS) is 11.7. The molecule has 100 valence electrons. The topological polar surface area (TPSA) is 29.1 Å². The minimum absolute atomic E-state index is 0.106. The van der Waals surface area contributed by atoms with Gasteiger partial charge in [-0.15, -0.1) is 11.8 Å². The van der Waals surface area contributed by atoms with E-state index in [2.05, 4.69) is 0 Å². The zero-order valence-corrected chi connectivity index (χ0v) is 10.2. The van der Waals surface area contributed by atoms with E-state index in [0.29, 0.717) is 10.6 Å². The molecular weight excluding hydrogens is 270 g/mol. The van der Waals surface area contributed by atoms with Gasteiger partial charge in [-0.1, -0.05) is 19.1 Å². The second kappa shape index (κ2) is 6.08. The number of hydrogen-bond acceptors (Lipinski definition) is 2. The van der Waals surface area contributed by atoms with Crippen LogP contribution in [-0.4, -0.2) is 24.0 Å². The molecule has 0 aliphatic heterocycles. The highest BCUT2D eigenvalue weighted by Crippen LogP contribution is 2.29. The molecule has 0 spiro atoms. The number of anilines is 1. The molecule has 0 fully saturated rings. The smallest absolute Gasteiger partial charge is 0.320 e. The lowest BCUT2D eigenvalue weighted by Gasteiger charge is -2.16. The number of para-hydroxylation sites is 1. The molecule has 0 bridgehead atoms. The number of carbonyl (C=O) groups is 1. The molecule has 0 aliphatic rings. The van der Waals surface area contributed by atoms with Crippen LogP contribution in [0.15, 0.2) is 29.2 Å². The van der Waals surface area contributed by atoms with Crippen LogP contribution in [0, 0.1) is 0 Å². The zero-order valence-electron chi connectivity index (χ0n) is 9.42.